The van der Waals surface area contributed by atoms with Crippen LogP contribution in [0.2, 0.25) is 0 Å². The first kappa shape index (κ1) is 15.6. The molecular weight excluding hydrogens is 248 g/mol. The fourth-order valence-corrected chi connectivity index (χ4v) is 3.01. The van der Waals surface area contributed by atoms with Crippen molar-refractivity contribution < 1.29 is 9.90 Å². The Kier molecular flexibility index (Phi) is 7.51. The number of urea groups is 1. The molecule has 5 heteroatoms. The molecule has 3 N–H and O–H groups in total. The van der Waals surface area contributed by atoms with Gasteiger partial charge in [0.25, 0.3) is 0 Å². The van der Waals surface area contributed by atoms with Crippen molar-refractivity contribution in [2.24, 2.45) is 5.92 Å². The third-order valence-corrected chi connectivity index (χ3v) is 4.24. The zero-order valence-electron chi connectivity index (χ0n) is 11.4. The molecule has 1 saturated carbocycles. The minimum Gasteiger partial charge on any atom is -0.396 e. The van der Waals surface area contributed by atoms with Crippen molar-refractivity contribution in [3.63, 3.8) is 0 Å². The van der Waals surface area contributed by atoms with E-state index in [0.29, 0.717) is 0 Å². The molecule has 0 bridgehead atoms. The molecule has 0 aromatic heterocycles. The monoisotopic (exact) mass is 274 g/mol. The van der Waals surface area contributed by atoms with E-state index in [2.05, 4.69) is 16.9 Å². The fourth-order valence-electron chi connectivity index (χ4n) is 2.42. The van der Waals surface area contributed by atoms with Gasteiger partial charge in [0.05, 0.1) is 0 Å². The highest BCUT2D eigenvalue weighted by atomic mass is 32.2. The van der Waals surface area contributed by atoms with Crippen LogP contribution in [0.1, 0.15) is 39.0 Å². The van der Waals surface area contributed by atoms with Crippen molar-refractivity contribution in [3.05, 3.63) is 0 Å². The molecule has 1 aliphatic rings. The Bertz CT molecular complexity index is 251. The number of amides is 2. The molecule has 0 heterocycles. The molecule has 1 aliphatic carbocycles. The highest BCUT2D eigenvalue weighted by Gasteiger charge is 2.25. The first-order valence-electron chi connectivity index (χ1n) is 6.84. The van der Waals surface area contributed by atoms with Crippen molar-refractivity contribution in [3.8, 4) is 0 Å². The lowest BCUT2D eigenvalue weighted by Gasteiger charge is -2.31. The first-order valence-corrected chi connectivity index (χ1v) is 8.23. The fraction of sp³-hybridized carbons (Fsp3) is 0.923. The van der Waals surface area contributed by atoms with Gasteiger partial charge in [-0.05, 0) is 38.2 Å². The summed E-state index contributed by atoms with van der Waals surface area (Å²) in [5, 5.41) is 15.3. The van der Waals surface area contributed by atoms with Crippen LogP contribution in [0.3, 0.4) is 0 Å². The van der Waals surface area contributed by atoms with Gasteiger partial charge in [-0.1, -0.05) is 12.8 Å². The van der Waals surface area contributed by atoms with Gasteiger partial charge in [0, 0.05) is 24.6 Å². The van der Waals surface area contributed by atoms with Gasteiger partial charge in [0.1, 0.15) is 0 Å². The average Bonchev–Trinajstić information content (AvgIpc) is 2.36. The van der Waals surface area contributed by atoms with Gasteiger partial charge in [-0.25, -0.2) is 4.79 Å². The Morgan fingerprint density at radius 3 is 2.83 bits per heavy atom. The molecule has 1 fully saturated rings. The lowest BCUT2D eigenvalue weighted by Crippen LogP contribution is -2.49. The molecule has 0 aromatic rings. The van der Waals surface area contributed by atoms with E-state index in [1.54, 1.807) is 11.8 Å². The van der Waals surface area contributed by atoms with Crippen LogP contribution in [0.5, 0.6) is 0 Å². The van der Waals surface area contributed by atoms with E-state index in [9.17, 15) is 9.90 Å². The molecule has 0 saturated heterocycles. The topological polar surface area (TPSA) is 61.4 Å². The van der Waals surface area contributed by atoms with Gasteiger partial charge < -0.3 is 15.7 Å². The summed E-state index contributed by atoms with van der Waals surface area (Å²) in [7, 11) is 0. The van der Waals surface area contributed by atoms with Crippen LogP contribution in [0.4, 0.5) is 4.79 Å². The number of thioether (sulfide) groups is 1. The Balaban J connectivity index is 2.29. The summed E-state index contributed by atoms with van der Waals surface area (Å²) in [5.74, 6) is 1.29. The van der Waals surface area contributed by atoms with E-state index in [1.807, 2.05) is 6.92 Å². The summed E-state index contributed by atoms with van der Waals surface area (Å²) < 4.78 is 0. The second kappa shape index (κ2) is 8.64. The summed E-state index contributed by atoms with van der Waals surface area (Å²) in [6.45, 7) is 2.20. The van der Waals surface area contributed by atoms with Gasteiger partial charge in [-0.2, -0.15) is 11.8 Å². The van der Waals surface area contributed by atoms with Gasteiger partial charge >= 0.3 is 6.03 Å². The van der Waals surface area contributed by atoms with Crippen LogP contribution in [0.25, 0.3) is 0 Å². The normalized spacial score (nSPS) is 25.5. The lowest BCUT2D eigenvalue weighted by molar-refractivity contribution is 0.153. The minimum absolute atomic E-state index is 0.0889. The molecule has 2 amide bonds. The molecule has 1 rings (SSSR count). The summed E-state index contributed by atoms with van der Waals surface area (Å²) in [6.07, 6.45) is 7.36. The second-order valence-electron chi connectivity index (χ2n) is 5.13. The maximum atomic E-state index is 11.8. The molecule has 0 aliphatic heterocycles. The number of hydrogen-bond acceptors (Lipinski definition) is 3. The van der Waals surface area contributed by atoms with Crippen LogP contribution in [-0.2, 0) is 0 Å². The van der Waals surface area contributed by atoms with Gasteiger partial charge in [-0.3, -0.25) is 0 Å². The molecule has 0 unspecified atom stereocenters. The molecule has 4 nitrogen and oxygen atoms in total. The summed E-state index contributed by atoms with van der Waals surface area (Å²) in [5.41, 5.74) is 0. The third kappa shape index (κ3) is 5.48. The number of nitrogens with one attached hydrogen (secondary N) is 2. The Hall–Kier alpha value is -0.420. The van der Waals surface area contributed by atoms with Crippen molar-refractivity contribution in [1.82, 2.24) is 10.6 Å². The lowest BCUT2D eigenvalue weighted by atomic mass is 9.85. The second-order valence-corrected chi connectivity index (χ2v) is 6.12. The summed E-state index contributed by atoms with van der Waals surface area (Å²) >= 11 is 1.79. The van der Waals surface area contributed by atoms with E-state index in [0.717, 1.165) is 37.9 Å². The molecule has 3 atom stereocenters. The SMILES string of the molecule is CSCC[C@@H](C)NC(=O)N[C@H]1CCCC[C@@H]1CO. The number of carbonyl (C=O) groups is 1. The minimum atomic E-state index is -0.0889. The number of aliphatic hydroxyl groups excluding tert-OH is 1. The van der Waals surface area contributed by atoms with E-state index in [1.165, 1.54) is 0 Å². The molecule has 0 spiro atoms. The Labute approximate surface area is 114 Å². The smallest absolute Gasteiger partial charge is 0.315 e. The van der Waals surface area contributed by atoms with Gasteiger partial charge in [-0.15, -0.1) is 0 Å². The van der Waals surface area contributed by atoms with Crippen molar-refractivity contribution in [1.29, 1.82) is 0 Å². The predicted molar refractivity (Wildman–Crippen MR) is 77.0 cm³/mol. The van der Waals surface area contributed by atoms with Crippen LogP contribution in [0, 0.1) is 5.92 Å². The first-order chi connectivity index (χ1) is 8.67. The third-order valence-electron chi connectivity index (χ3n) is 3.59. The zero-order valence-corrected chi connectivity index (χ0v) is 12.3. The van der Waals surface area contributed by atoms with E-state index >= 15 is 0 Å². The Morgan fingerprint density at radius 2 is 2.17 bits per heavy atom. The van der Waals surface area contributed by atoms with Crippen LogP contribution in [0.15, 0.2) is 0 Å². The van der Waals surface area contributed by atoms with Crippen LogP contribution >= 0.6 is 11.8 Å². The maximum Gasteiger partial charge on any atom is 0.315 e. The average molecular weight is 274 g/mol. The highest BCUT2D eigenvalue weighted by Crippen LogP contribution is 2.23. The van der Waals surface area contributed by atoms with Crippen molar-refractivity contribution >= 4 is 17.8 Å². The number of aliphatic hydroxyl groups is 1. The molecule has 106 valence electrons. The van der Waals surface area contributed by atoms with Crippen LogP contribution in [-0.4, -0.2) is 41.8 Å². The van der Waals surface area contributed by atoms with Crippen molar-refractivity contribution in [2.75, 3.05) is 18.6 Å². The molecular formula is C13H26N2O2S. The predicted octanol–water partition coefficient (Wildman–Crippen LogP) is 1.98. The van der Waals surface area contributed by atoms with E-state index in [-0.39, 0.29) is 30.6 Å². The maximum absolute atomic E-state index is 11.8. The number of carbonyl (C=O) groups excluding carboxylic acids is 1. The molecule has 18 heavy (non-hydrogen) atoms. The standard InChI is InChI=1S/C13H26N2O2S/c1-10(7-8-18-2)14-13(17)15-12-6-4-3-5-11(12)9-16/h10-12,16H,3-9H2,1-2H3,(H2,14,15,17)/t10-,11-,12+/m1/s1. The number of hydrogen-bond donors (Lipinski definition) is 3. The molecule has 0 radical (unpaired) electrons. The van der Waals surface area contributed by atoms with Crippen molar-refractivity contribution in [2.45, 2.75) is 51.1 Å². The largest absolute Gasteiger partial charge is 0.396 e. The van der Waals surface area contributed by atoms with Crippen LogP contribution < -0.4 is 10.6 Å². The van der Waals surface area contributed by atoms with Gasteiger partial charge in [0.15, 0.2) is 0 Å². The summed E-state index contributed by atoms with van der Waals surface area (Å²) in [6, 6.07) is 0.249. The zero-order chi connectivity index (χ0) is 13.4. The number of rotatable bonds is 6. The Morgan fingerprint density at radius 1 is 1.44 bits per heavy atom. The van der Waals surface area contributed by atoms with E-state index < -0.39 is 0 Å². The van der Waals surface area contributed by atoms with E-state index in [4.69, 9.17) is 0 Å². The van der Waals surface area contributed by atoms with Gasteiger partial charge in [0.2, 0.25) is 0 Å². The highest BCUT2D eigenvalue weighted by molar-refractivity contribution is 7.98. The summed E-state index contributed by atoms with van der Waals surface area (Å²) in [4.78, 5) is 11.8. The quantitative estimate of drug-likeness (QED) is 0.694. The molecule has 0 aromatic carbocycles.